The van der Waals surface area contributed by atoms with E-state index in [4.69, 9.17) is 0 Å². The first-order valence-electron chi connectivity index (χ1n) is 13.2. The maximum atomic E-state index is 2.54. The summed E-state index contributed by atoms with van der Waals surface area (Å²) in [7, 11) is 2.29. The highest BCUT2D eigenvalue weighted by atomic mass is 15.1. The molecule has 0 aromatic rings. The fraction of sp³-hybridized carbons (Fsp3) is 0.677. The van der Waals surface area contributed by atoms with Crippen LogP contribution in [0.4, 0.5) is 0 Å². The lowest BCUT2D eigenvalue weighted by molar-refractivity contribution is 0.319. The van der Waals surface area contributed by atoms with Gasteiger partial charge < -0.3 is 4.90 Å². The minimum atomic E-state index is 0.898. The predicted octanol–water partition coefficient (Wildman–Crippen LogP) is 9.73. The third-order valence-electron chi connectivity index (χ3n) is 6.56. The summed E-state index contributed by atoms with van der Waals surface area (Å²) in [6, 6.07) is 0.898. The Labute approximate surface area is 201 Å². The number of nitrogens with zero attached hydrogens (tertiary/aromatic N) is 1. The smallest absolute Gasteiger partial charge is 0.00933 e. The van der Waals surface area contributed by atoms with Crippen LogP contribution < -0.4 is 0 Å². The van der Waals surface area contributed by atoms with Crippen LogP contribution >= 0.6 is 0 Å². The lowest BCUT2D eigenvalue weighted by Crippen LogP contribution is -2.21. The van der Waals surface area contributed by atoms with E-state index in [1.165, 1.54) is 100 Å². The van der Waals surface area contributed by atoms with Gasteiger partial charge in [-0.3, -0.25) is 0 Å². The van der Waals surface area contributed by atoms with Gasteiger partial charge >= 0.3 is 0 Å². The van der Waals surface area contributed by atoms with Crippen LogP contribution in [0.15, 0.2) is 58.2 Å². The topological polar surface area (TPSA) is 3.24 Å². The van der Waals surface area contributed by atoms with Crippen LogP contribution in [0.5, 0.6) is 0 Å². The van der Waals surface area contributed by atoms with Crippen LogP contribution in [0.3, 0.4) is 0 Å². The zero-order valence-electron chi connectivity index (χ0n) is 22.6. The van der Waals surface area contributed by atoms with E-state index >= 15 is 0 Å². The van der Waals surface area contributed by atoms with Crippen LogP contribution in [-0.4, -0.2) is 24.5 Å². The second-order valence-corrected chi connectivity index (χ2v) is 10.5. The molecule has 0 atom stereocenters. The lowest BCUT2D eigenvalue weighted by Gasteiger charge is -2.15. The van der Waals surface area contributed by atoms with E-state index in [1.54, 1.807) is 11.1 Å². The van der Waals surface area contributed by atoms with E-state index in [0.717, 1.165) is 6.04 Å². The molecule has 1 heteroatoms. The van der Waals surface area contributed by atoms with Gasteiger partial charge in [-0.15, -0.1) is 0 Å². The van der Waals surface area contributed by atoms with E-state index in [9.17, 15) is 0 Å². The van der Waals surface area contributed by atoms with Gasteiger partial charge in [0, 0.05) is 6.04 Å². The molecule has 1 rings (SSSR count). The largest absolute Gasteiger partial charge is 0.303 e. The molecular weight excluding hydrogens is 386 g/mol. The summed E-state index contributed by atoms with van der Waals surface area (Å²) in [6.45, 7) is 14.8. The number of hydrogen-bond donors (Lipinski definition) is 0. The molecule has 0 spiro atoms. The molecule has 0 aliphatic heterocycles. The van der Waals surface area contributed by atoms with Gasteiger partial charge in [-0.2, -0.15) is 0 Å². The van der Waals surface area contributed by atoms with Crippen molar-refractivity contribution in [1.82, 2.24) is 4.90 Å². The van der Waals surface area contributed by atoms with Gasteiger partial charge in [0.1, 0.15) is 0 Å². The van der Waals surface area contributed by atoms with Crippen molar-refractivity contribution in [2.75, 3.05) is 13.6 Å². The van der Waals surface area contributed by atoms with E-state index < -0.39 is 0 Å². The number of unbranched alkanes of at least 4 members (excludes halogenated alkanes) is 1. The zero-order valence-corrected chi connectivity index (χ0v) is 22.6. The summed E-state index contributed by atoms with van der Waals surface area (Å²) in [4.78, 5) is 2.54. The predicted molar refractivity (Wildman–Crippen MR) is 146 cm³/mol. The molecule has 1 fully saturated rings. The van der Waals surface area contributed by atoms with Gasteiger partial charge in [0.2, 0.25) is 0 Å². The van der Waals surface area contributed by atoms with Crippen molar-refractivity contribution in [3.63, 3.8) is 0 Å². The molecule has 1 aliphatic rings. The highest BCUT2D eigenvalue weighted by Crippen LogP contribution is 2.25. The monoisotopic (exact) mass is 439 g/mol. The average molecular weight is 440 g/mol. The Bertz CT molecular complexity index is 663. The number of hydrogen-bond acceptors (Lipinski definition) is 1. The molecular formula is C31H53N. The molecule has 182 valence electrons. The van der Waals surface area contributed by atoms with Crippen molar-refractivity contribution in [2.45, 2.75) is 125 Å². The first-order chi connectivity index (χ1) is 15.3. The molecule has 1 aliphatic carbocycles. The molecule has 0 N–H and O–H groups in total. The maximum Gasteiger partial charge on any atom is 0.00933 e. The van der Waals surface area contributed by atoms with Crippen molar-refractivity contribution in [2.24, 2.45) is 0 Å². The normalized spacial score (nSPS) is 16.1. The minimum absolute atomic E-state index is 0.898. The van der Waals surface area contributed by atoms with E-state index in [-0.39, 0.29) is 0 Å². The molecule has 0 radical (unpaired) electrons. The van der Waals surface area contributed by atoms with Crippen molar-refractivity contribution in [3.8, 4) is 0 Å². The minimum Gasteiger partial charge on any atom is -0.303 e. The molecule has 0 unspecified atom stereocenters. The Morgan fingerprint density at radius 1 is 0.594 bits per heavy atom. The Morgan fingerprint density at radius 3 is 1.44 bits per heavy atom. The molecule has 0 bridgehead atoms. The first kappa shape index (κ1) is 28.7. The quantitative estimate of drug-likeness (QED) is 0.161. The fourth-order valence-corrected chi connectivity index (χ4v) is 4.05. The van der Waals surface area contributed by atoms with E-state index in [0.29, 0.717) is 0 Å². The molecule has 32 heavy (non-hydrogen) atoms. The van der Waals surface area contributed by atoms with Gasteiger partial charge in [0.25, 0.3) is 0 Å². The molecule has 0 heterocycles. The third-order valence-corrected chi connectivity index (χ3v) is 6.56. The fourth-order valence-electron chi connectivity index (χ4n) is 4.05. The number of rotatable bonds is 17. The van der Waals surface area contributed by atoms with Crippen LogP contribution in [0, 0.1) is 0 Å². The third kappa shape index (κ3) is 16.3. The molecule has 0 aromatic carbocycles. The Kier molecular flexibility index (Phi) is 15.4. The van der Waals surface area contributed by atoms with E-state index in [2.05, 4.69) is 83.9 Å². The summed E-state index contributed by atoms with van der Waals surface area (Å²) >= 11 is 0. The van der Waals surface area contributed by atoms with Crippen molar-refractivity contribution in [1.29, 1.82) is 0 Å². The van der Waals surface area contributed by atoms with Gasteiger partial charge in [-0.25, -0.2) is 0 Å². The second-order valence-electron chi connectivity index (χ2n) is 10.5. The van der Waals surface area contributed by atoms with E-state index in [1.807, 2.05) is 0 Å². The molecule has 0 aromatic heterocycles. The van der Waals surface area contributed by atoms with Crippen molar-refractivity contribution in [3.05, 3.63) is 58.2 Å². The Balaban J connectivity index is 2.13. The number of allylic oxidation sites excluding steroid dienone is 10. The second kappa shape index (κ2) is 17.2. The maximum absolute atomic E-state index is 2.54. The first-order valence-corrected chi connectivity index (χ1v) is 13.2. The summed E-state index contributed by atoms with van der Waals surface area (Å²) in [5.41, 5.74) is 7.61. The van der Waals surface area contributed by atoms with Crippen molar-refractivity contribution < 1.29 is 0 Å². The summed E-state index contributed by atoms with van der Waals surface area (Å²) in [6.07, 6.45) is 27.0. The Morgan fingerprint density at radius 2 is 1.00 bits per heavy atom. The summed E-state index contributed by atoms with van der Waals surface area (Å²) in [5, 5.41) is 0. The highest BCUT2D eigenvalue weighted by Gasteiger charge is 2.25. The molecule has 1 saturated carbocycles. The van der Waals surface area contributed by atoms with Gasteiger partial charge in [0.15, 0.2) is 0 Å². The average Bonchev–Trinajstić information content (AvgIpc) is 3.56. The highest BCUT2D eigenvalue weighted by molar-refractivity contribution is 5.07. The standard InChI is InChI=1S/C31H53N/c1-26(2)14-10-17-29(5)20-11-18-27(3)15-8-9-16-28(4)19-12-21-30(6)22-13-25-32(7)31-23-24-31/h14-16,20-21,31H,8-13,17-19,22-25H2,1-7H3/b27-15-,28-16-,29-20-,30-21-. The van der Waals surface area contributed by atoms with Crippen LogP contribution in [0.2, 0.25) is 0 Å². The van der Waals surface area contributed by atoms with Crippen LogP contribution in [-0.2, 0) is 0 Å². The van der Waals surface area contributed by atoms with Crippen molar-refractivity contribution >= 4 is 0 Å². The van der Waals surface area contributed by atoms with Gasteiger partial charge in [0.05, 0.1) is 0 Å². The van der Waals surface area contributed by atoms with Gasteiger partial charge in [-0.1, -0.05) is 58.2 Å². The molecule has 1 nitrogen and oxygen atoms in total. The summed E-state index contributed by atoms with van der Waals surface area (Å²) < 4.78 is 0. The summed E-state index contributed by atoms with van der Waals surface area (Å²) in [5.74, 6) is 0. The zero-order chi connectivity index (χ0) is 23.8. The molecule has 0 saturated heterocycles. The molecule has 0 amide bonds. The van der Waals surface area contributed by atoms with Crippen LogP contribution in [0.25, 0.3) is 0 Å². The Hall–Kier alpha value is -1.34. The SMILES string of the molecule is CC(C)=CCC/C(C)=C\CC/C(C)=C\CC/C=C(/C)CC/C=C(/C)CCCN(C)C1CC1. The van der Waals surface area contributed by atoms with Gasteiger partial charge in [-0.05, 0) is 132 Å². The van der Waals surface area contributed by atoms with Crippen LogP contribution in [0.1, 0.15) is 119 Å². The lowest BCUT2D eigenvalue weighted by atomic mass is 10.0.